The monoisotopic (exact) mass is 227 g/mol. The summed E-state index contributed by atoms with van der Waals surface area (Å²) in [5.74, 6) is 3.06. The van der Waals surface area contributed by atoms with Crippen LogP contribution in [-0.4, -0.2) is 29.8 Å². The maximum atomic E-state index is 6.18. The van der Waals surface area contributed by atoms with E-state index in [0.29, 0.717) is 5.92 Å². The Morgan fingerprint density at radius 1 is 1.67 bits per heavy atom. The molecular formula is C12H21NOS. The van der Waals surface area contributed by atoms with Crippen molar-refractivity contribution in [2.24, 2.45) is 11.7 Å². The van der Waals surface area contributed by atoms with E-state index < -0.39 is 0 Å². The Bertz CT molecular complexity index is 226. The van der Waals surface area contributed by atoms with Crippen molar-refractivity contribution in [2.45, 2.75) is 37.3 Å². The van der Waals surface area contributed by atoms with Crippen molar-refractivity contribution in [3.8, 4) is 0 Å². The molecule has 2 N–H and O–H groups in total. The molecule has 0 aromatic rings. The lowest BCUT2D eigenvalue weighted by atomic mass is 9.80. The Morgan fingerprint density at radius 2 is 2.53 bits per heavy atom. The summed E-state index contributed by atoms with van der Waals surface area (Å²) in [6, 6.07) is 0.286. The molecular weight excluding hydrogens is 206 g/mol. The fraction of sp³-hybridized carbons (Fsp3) is 0.833. The molecule has 2 nitrogen and oxygen atoms in total. The third-order valence-electron chi connectivity index (χ3n) is 3.64. The third kappa shape index (κ3) is 2.58. The first-order valence-electron chi connectivity index (χ1n) is 5.84. The van der Waals surface area contributed by atoms with Gasteiger partial charge in [-0.25, -0.2) is 0 Å². The molecule has 86 valence electrons. The maximum Gasteiger partial charge on any atom is 0.0783 e. The molecule has 3 unspecified atom stereocenters. The van der Waals surface area contributed by atoms with Gasteiger partial charge in [0.15, 0.2) is 0 Å². The van der Waals surface area contributed by atoms with Crippen LogP contribution in [0.5, 0.6) is 0 Å². The third-order valence-corrected chi connectivity index (χ3v) is 4.87. The van der Waals surface area contributed by atoms with Crippen molar-refractivity contribution in [3.05, 3.63) is 12.7 Å². The zero-order chi connectivity index (χ0) is 10.7. The molecule has 0 bridgehead atoms. The molecule has 0 aromatic carbocycles. The van der Waals surface area contributed by atoms with E-state index >= 15 is 0 Å². The van der Waals surface area contributed by atoms with Crippen LogP contribution < -0.4 is 5.73 Å². The molecule has 2 saturated heterocycles. The first-order chi connectivity index (χ1) is 7.26. The van der Waals surface area contributed by atoms with Gasteiger partial charge in [-0.15, -0.1) is 6.58 Å². The number of rotatable bonds is 3. The van der Waals surface area contributed by atoms with Crippen LogP contribution in [-0.2, 0) is 4.74 Å². The van der Waals surface area contributed by atoms with Crippen LogP contribution in [0.4, 0.5) is 0 Å². The predicted molar refractivity (Wildman–Crippen MR) is 66.1 cm³/mol. The molecule has 0 radical (unpaired) electrons. The second-order valence-electron chi connectivity index (χ2n) is 4.78. The normalized spacial score (nSPS) is 38.1. The van der Waals surface area contributed by atoms with Crippen LogP contribution in [0.15, 0.2) is 12.7 Å². The minimum absolute atomic E-state index is 0.173. The molecule has 0 aliphatic carbocycles. The van der Waals surface area contributed by atoms with Gasteiger partial charge in [0.1, 0.15) is 0 Å². The minimum atomic E-state index is 0.173. The quantitative estimate of drug-likeness (QED) is 0.751. The van der Waals surface area contributed by atoms with Gasteiger partial charge in [0.2, 0.25) is 0 Å². The summed E-state index contributed by atoms with van der Waals surface area (Å²) in [5, 5.41) is 0. The van der Waals surface area contributed by atoms with Crippen molar-refractivity contribution in [1.29, 1.82) is 0 Å². The van der Waals surface area contributed by atoms with E-state index in [-0.39, 0.29) is 11.6 Å². The molecule has 2 rings (SSSR count). The van der Waals surface area contributed by atoms with Gasteiger partial charge in [-0.05, 0) is 37.4 Å². The summed E-state index contributed by atoms with van der Waals surface area (Å²) in [6.07, 6.45) is 6.38. The lowest BCUT2D eigenvalue weighted by Gasteiger charge is -2.39. The molecule has 0 aromatic heterocycles. The Labute approximate surface area is 96.6 Å². The minimum Gasteiger partial charge on any atom is -0.374 e. The summed E-state index contributed by atoms with van der Waals surface area (Å²) < 4.78 is 5.98. The van der Waals surface area contributed by atoms with Crippen LogP contribution >= 0.6 is 11.8 Å². The van der Waals surface area contributed by atoms with E-state index in [0.717, 1.165) is 25.9 Å². The molecule has 3 heteroatoms. The molecule has 3 atom stereocenters. The standard InChI is InChI=1S/C12H21NOS/c1-2-3-11(13)10-4-6-14-12(8-10)5-7-15-9-12/h2,10-11H,1,3-9,13H2. The predicted octanol–water partition coefficient (Wildman–Crippen LogP) is 2.19. The van der Waals surface area contributed by atoms with Crippen LogP contribution in [0.3, 0.4) is 0 Å². The van der Waals surface area contributed by atoms with Gasteiger partial charge < -0.3 is 10.5 Å². The van der Waals surface area contributed by atoms with E-state index in [1.54, 1.807) is 0 Å². The van der Waals surface area contributed by atoms with E-state index in [4.69, 9.17) is 10.5 Å². The fourth-order valence-corrected chi connectivity index (χ4v) is 4.06. The molecule has 2 aliphatic rings. The van der Waals surface area contributed by atoms with Gasteiger partial charge in [0.25, 0.3) is 0 Å². The molecule has 2 fully saturated rings. The highest BCUT2D eigenvalue weighted by atomic mass is 32.2. The smallest absolute Gasteiger partial charge is 0.0783 e. The van der Waals surface area contributed by atoms with Crippen molar-refractivity contribution >= 4 is 11.8 Å². The van der Waals surface area contributed by atoms with Gasteiger partial charge in [-0.3, -0.25) is 0 Å². The Balaban J connectivity index is 1.94. The number of thioether (sulfide) groups is 1. The number of nitrogens with two attached hydrogens (primary N) is 1. The number of hydrogen-bond donors (Lipinski definition) is 1. The van der Waals surface area contributed by atoms with Gasteiger partial charge >= 0.3 is 0 Å². The molecule has 1 spiro atoms. The lowest BCUT2D eigenvalue weighted by Crippen LogP contribution is -2.45. The van der Waals surface area contributed by atoms with E-state index in [2.05, 4.69) is 6.58 Å². The van der Waals surface area contributed by atoms with Crippen molar-refractivity contribution in [2.75, 3.05) is 18.1 Å². The Kier molecular flexibility index (Phi) is 3.75. The lowest BCUT2D eigenvalue weighted by molar-refractivity contribution is -0.0830. The molecule has 0 saturated carbocycles. The molecule has 2 heterocycles. The second-order valence-corrected chi connectivity index (χ2v) is 5.88. The van der Waals surface area contributed by atoms with Crippen molar-refractivity contribution in [1.82, 2.24) is 0 Å². The molecule has 15 heavy (non-hydrogen) atoms. The second kappa shape index (κ2) is 4.89. The van der Waals surface area contributed by atoms with Crippen LogP contribution in [0.25, 0.3) is 0 Å². The van der Waals surface area contributed by atoms with Gasteiger partial charge in [-0.2, -0.15) is 11.8 Å². The molecule has 0 amide bonds. The zero-order valence-corrected chi connectivity index (χ0v) is 10.1. The zero-order valence-electron chi connectivity index (χ0n) is 9.28. The summed E-state index contributed by atoms with van der Waals surface area (Å²) >= 11 is 2.02. The van der Waals surface area contributed by atoms with Gasteiger partial charge in [0.05, 0.1) is 5.60 Å². The van der Waals surface area contributed by atoms with Gasteiger partial charge in [0, 0.05) is 18.4 Å². The van der Waals surface area contributed by atoms with Crippen LogP contribution in [0.2, 0.25) is 0 Å². The van der Waals surface area contributed by atoms with Gasteiger partial charge in [-0.1, -0.05) is 6.08 Å². The van der Waals surface area contributed by atoms with Crippen molar-refractivity contribution in [3.63, 3.8) is 0 Å². The van der Waals surface area contributed by atoms with E-state index in [9.17, 15) is 0 Å². The van der Waals surface area contributed by atoms with Crippen LogP contribution in [0, 0.1) is 5.92 Å². The average molecular weight is 227 g/mol. The SMILES string of the molecule is C=CCC(N)C1CCOC2(CCSC2)C1. The average Bonchev–Trinajstić information content (AvgIpc) is 2.67. The summed E-state index contributed by atoms with van der Waals surface area (Å²) in [7, 11) is 0. The highest BCUT2D eigenvalue weighted by molar-refractivity contribution is 7.99. The first kappa shape index (κ1) is 11.5. The summed E-state index contributed by atoms with van der Waals surface area (Å²) in [6.45, 7) is 4.67. The summed E-state index contributed by atoms with van der Waals surface area (Å²) in [5.41, 5.74) is 6.35. The van der Waals surface area contributed by atoms with Crippen molar-refractivity contribution < 1.29 is 4.74 Å². The number of ether oxygens (including phenoxy) is 1. The van der Waals surface area contributed by atoms with E-state index in [1.807, 2.05) is 17.8 Å². The van der Waals surface area contributed by atoms with Crippen LogP contribution in [0.1, 0.15) is 25.7 Å². The fourth-order valence-electron chi connectivity index (χ4n) is 2.68. The first-order valence-corrected chi connectivity index (χ1v) is 6.99. The molecule has 2 aliphatic heterocycles. The highest BCUT2D eigenvalue weighted by Gasteiger charge is 2.41. The van der Waals surface area contributed by atoms with E-state index in [1.165, 1.54) is 17.9 Å². The Hall–Kier alpha value is 0.0100. The topological polar surface area (TPSA) is 35.2 Å². The Morgan fingerprint density at radius 3 is 3.20 bits per heavy atom. The highest BCUT2D eigenvalue weighted by Crippen LogP contribution is 2.41. The largest absolute Gasteiger partial charge is 0.374 e. The summed E-state index contributed by atoms with van der Waals surface area (Å²) in [4.78, 5) is 0. The number of hydrogen-bond acceptors (Lipinski definition) is 3. The maximum absolute atomic E-state index is 6.18.